The minimum Gasteiger partial charge on any atom is -0.240 e. The van der Waals surface area contributed by atoms with Crippen molar-refractivity contribution in [2.45, 2.75) is 0 Å². The van der Waals surface area contributed by atoms with Crippen LogP contribution in [0.25, 0.3) is 11.2 Å². The Balaban J connectivity index is 2.86. The van der Waals surface area contributed by atoms with Gasteiger partial charge in [-0.3, -0.25) is 0 Å². The summed E-state index contributed by atoms with van der Waals surface area (Å²) in [5, 5.41) is 10.0. The van der Waals surface area contributed by atoms with E-state index in [0.717, 1.165) is 10.1 Å². The minimum absolute atomic E-state index is 0.703. The Labute approximate surface area is 64.8 Å². The molecule has 0 spiro atoms. The molecule has 0 bridgehead atoms. The van der Waals surface area contributed by atoms with Gasteiger partial charge in [0, 0.05) is 0 Å². The van der Waals surface area contributed by atoms with Gasteiger partial charge in [-0.25, -0.2) is 10.1 Å². The van der Waals surface area contributed by atoms with Gasteiger partial charge >= 0.3 is 0 Å². The fourth-order valence-electron chi connectivity index (χ4n) is 0.717. The van der Waals surface area contributed by atoms with Crippen LogP contribution in [0.15, 0.2) is 16.7 Å². The number of fused-ring (bicyclic) bond motifs is 1. The molecule has 0 aliphatic rings. The van der Waals surface area contributed by atoms with Gasteiger partial charge in [0.15, 0.2) is 5.65 Å². The molecule has 0 unspecified atom stereocenters. The van der Waals surface area contributed by atoms with Crippen LogP contribution in [0.1, 0.15) is 0 Å². The Morgan fingerprint density at radius 1 is 1.40 bits per heavy atom. The highest BCUT2D eigenvalue weighted by Crippen LogP contribution is 2.09. The molecule has 4 nitrogen and oxygen atoms in total. The number of pyridine rings is 1. The van der Waals surface area contributed by atoms with Crippen molar-refractivity contribution in [2.75, 3.05) is 0 Å². The van der Waals surface area contributed by atoms with E-state index in [1.807, 2.05) is 12.1 Å². The maximum Gasteiger partial charge on any atom is 0.176 e. The van der Waals surface area contributed by atoms with Gasteiger partial charge in [-0.05, 0) is 28.1 Å². The summed E-state index contributed by atoms with van der Waals surface area (Å²) >= 11 is 3.23. The third-order valence-electron chi connectivity index (χ3n) is 1.15. The van der Waals surface area contributed by atoms with E-state index in [2.05, 4.69) is 36.3 Å². The molecule has 0 saturated heterocycles. The Morgan fingerprint density at radius 2 is 2.30 bits per heavy atom. The number of rotatable bonds is 0. The van der Waals surface area contributed by atoms with Crippen LogP contribution < -0.4 is 0 Å². The molecular formula is C5H3BrN4. The monoisotopic (exact) mass is 198 g/mol. The highest BCUT2D eigenvalue weighted by Gasteiger charge is 1.96. The van der Waals surface area contributed by atoms with E-state index in [4.69, 9.17) is 0 Å². The highest BCUT2D eigenvalue weighted by atomic mass is 79.9. The Bertz CT molecular complexity index is 355. The minimum atomic E-state index is 0.703. The second kappa shape index (κ2) is 2.02. The number of aromatic nitrogens is 4. The number of hydrogen-bond donors (Lipinski definition) is 1. The van der Waals surface area contributed by atoms with Crippen LogP contribution in [-0.4, -0.2) is 20.4 Å². The maximum absolute atomic E-state index is 4.07. The lowest BCUT2D eigenvalue weighted by molar-refractivity contribution is 0.954. The second-order valence-electron chi connectivity index (χ2n) is 1.81. The summed E-state index contributed by atoms with van der Waals surface area (Å²) in [6.07, 6.45) is 0. The first-order valence-corrected chi connectivity index (χ1v) is 3.49. The Hall–Kier alpha value is -0.970. The number of nitrogens with zero attached hydrogens (tertiary/aromatic N) is 3. The van der Waals surface area contributed by atoms with Crippen molar-refractivity contribution in [3.05, 3.63) is 16.7 Å². The fraction of sp³-hybridized carbons (Fsp3) is 0. The van der Waals surface area contributed by atoms with E-state index in [9.17, 15) is 0 Å². The van der Waals surface area contributed by atoms with Gasteiger partial charge in [0.05, 0.1) is 0 Å². The van der Waals surface area contributed by atoms with Crippen molar-refractivity contribution in [3.8, 4) is 0 Å². The van der Waals surface area contributed by atoms with Crippen molar-refractivity contribution in [3.63, 3.8) is 0 Å². The van der Waals surface area contributed by atoms with Gasteiger partial charge in [-0.2, -0.15) is 0 Å². The van der Waals surface area contributed by atoms with E-state index in [0.29, 0.717) is 5.65 Å². The molecule has 2 heterocycles. The summed E-state index contributed by atoms with van der Waals surface area (Å²) in [4.78, 5) is 4.07. The number of nitrogens with one attached hydrogen (secondary N) is 1. The largest absolute Gasteiger partial charge is 0.240 e. The summed E-state index contributed by atoms with van der Waals surface area (Å²) in [6.45, 7) is 0. The molecule has 0 radical (unpaired) electrons. The van der Waals surface area contributed by atoms with E-state index in [-0.39, 0.29) is 0 Å². The fourth-order valence-corrected chi connectivity index (χ4v) is 1.03. The standard InChI is InChI=1S/C5H3BrN4/c6-4-2-1-3-5(7-4)9-10-8-3/h1-2H,(H,7,8,9,10). The molecule has 0 amide bonds. The molecule has 2 aromatic rings. The Kier molecular flexibility index (Phi) is 1.17. The maximum atomic E-state index is 4.07. The molecule has 0 aliphatic heterocycles. The molecule has 5 heteroatoms. The molecule has 0 fully saturated rings. The molecule has 0 aromatic carbocycles. The molecule has 50 valence electrons. The van der Waals surface area contributed by atoms with Crippen LogP contribution in [0.2, 0.25) is 0 Å². The van der Waals surface area contributed by atoms with Crippen LogP contribution in [0.5, 0.6) is 0 Å². The van der Waals surface area contributed by atoms with Crippen LogP contribution >= 0.6 is 15.9 Å². The lowest BCUT2D eigenvalue weighted by Crippen LogP contribution is -1.76. The van der Waals surface area contributed by atoms with Gasteiger partial charge in [-0.15, -0.1) is 5.10 Å². The van der Waals surface area contributed by atoms with Gasteiger partial charge < -0.3 is 0 Å². The smallest absolute Gasteiger partial charge is 0.176 e. The van der Waals surface area contributed by atoms with E-state index < -0.39 is 0 Å². The molecule has 1 N–H and O–H groups in total. The summed E-state index contributed by atoms with van der Waals surface area (Å²) in [6, 6.07) is 3.67. The predicted octanol–water partition coefficient (Wildman–Crippen LogP) is 1.12. The average Bonchev–Trinajstić information content (AvgIpc) is 2.33. The molecule has 0 saturated carbocycles. The van der Waals surface area contributed by atoms with Crippen molar-refractivity contribution in [1.82, 2.24) is 20.4 Å². The first kappa shape index (κ1) is 5.79. The number of H-pyrrole nitrogens is 1. The summed E-state index contributed by atoms with van der Waals surface area (Å²) in [5.74, 6) is 0. The summed E-state index contributed by atoms with van der Waals surface area (Å²) < 4.78 is 0.783. The lowest BCUT2D eigenvalue weighted by atomic mass is 10.4. The van der Waals surface area contributed by atoms with Gasteiger partial charge in [0.1, 0.15) is 10.1 Å². The third-order valence-corrected chi connectivity index (χ3v) is 1.60. The van der Waals surface area contributed by atoms with Crippen molar-refractivity contribution >= 4 is 27.1 Å². The van der Waals surface area contributed by atoms with Crippen molar-refractivity contribution in [1.29, 1.82) is 0 Å². The summed E-state index contributed by atoms with van der Waals surface area (Å²) in [5.41, 5.74) is 1.48. The highest BCUT2D eigenvalue weighted by molar-refractivity contribution is 9.10. The second-order valence-corrected chi connectivity index (χ2v) is 2.63. The first-order chi connectivity index (χ1) is 4.86. The molecule has 2 aromatic heterocycles. The van der Waals surface area contributed by atoms with Crippen LogP contribution in [0, 0.1) is 0 Å². The molecule has 0 atom stereocenters. The summed E-state index contributed by atoms with van der Waals surface area (Å²) in [7, 11) is 0. The van der Waals surface area contributed by atoms with Crippen molar-refractivity contribution in [2.24, 2.45) is 0 Å². The number of halogens is 1. The number of aromatic amines is 1. The van der Waals surface area contributed by atoms with E-state index in [1.54, 1.807) is 0 Å². The van der Waals surface area contributed by atoms with Crippen LogP contribution in [0.4, 0.5) is 0 Å². The van der Waals surface area contributed by atoms with Gasteiger partial charge in [0.25, 0.3) is 0 Å². The quantitative estimate of drug-likeness (QED) is 0.646. The molecular weight excluding hydrogens is 196 g/mol. The zero-order chi connectivity index (χ0) is 6.97. The van der Waals surface area contributed by atoms with Crippen LogP contribution in [-0.2, 0) is 0 Å². The number of hydrogen-bond acceptors (Lipinski definition) is 3. The third kappa shape index (κ3) is 0.786. The SMILES string of the molecule is Brc1ccc2nn[nH]c2n1. The molecule has 10 heavy (non-hydrogen) atoms. The molecule has 2 rings (SSSR count). The predicted molar refractivity (Wildman–Crippen MR) is 39.4 cm³/mol. The average molecular weight is 199 g/mol. The Morgan fingerprint density at radius 3 is 3.20 bits per heavy atom. The lowest BCUT2D eigenvalue weighted by Gasteiger charge is -1.85. The van der Waals surface area contributed by atoms with E-state index >= 15 is 0 Å². The first-order valence-electron chi connectivity index (χ1n) is 2.69. The normalized spacial score (nSPS) is 10.5. The van der Waals surface area contributed by atoms with Crippen molar-refractivity contribution < 1.29 is 0 Å². The van der Waals surface area contributed by atoms with E-state index in [1.165, 1.54) is 0 Å². The van der Waals surface area contributed by atoms with Gasteiger partial charge in [0.2, 0.25) is 0 Å². The zero-order valence-corrected chi connectivity index (χ0v) is 6.46. The van der Waals surface area contributed by atoms with Crippen LogP contribution in [0.3, 0.4) is 0 Å². The topological polar surface area (TPSA) is 54.5 Å². The molecule has 0 aliphatic carbocycles. The van der Waals surface area contributed by atoms with Gasteiger partial charge in [-0.1, -0.05) is 5.21 Å². The zero-order valence-electron chi connectivity index (χ0n) is 4.87.